The number of amides is 1. The molecular formula is C24H32N4O3. The molecule has 31 heavy (non-hydrogen) atoms. The average molecular weight is 425 g/mol. The van der Waals surface area contributed by atoms with Crippen LogP contribution in [0.15, 0.2) is 28.0 Å². The van der Waals surface area contributed by atoms with Crippen LogP contribution in [0.1, 0.15) is 70.3 Å². The van der Waals surface area contributed by atoms with Gasteiger partial charge in [-0.2, -0.15) is 0 Å². The van der Waals surface area contributed by atoms with Crippen LogP contribution in [0.5, 0.6) is 5.75 Å². The van der Waals surface area contributed by atoms with E-state index in [1.807, 2.05) is 25.1 Å². The van der Waals surface area contributed by atoms with Crippen molar-refractivity contribution in [1.82, 2.24) is 14.9 Å². The lowest BCUT2D eigenvalue weighted by molar-refractivity contribution is -0.122. The van der Waals surface area contributed by atoms with Gasteiger partial charge in [0, 0.05) is 18.0 Å². The van der Waals surface area contributed by atoms with Crippen LogP contribution in [0, 0.1) is 0 Å². The fourth-order valence-electron chi connectivity index (χ4n) is 4.43. The Kier molecular flexibility index (Phi) is 6.59. The van der Waals surface area contributed by atoms with Crippen LogP contribution in [0.25, 0.3) is 6.58 Å². The van der Waals surface area contributed by atoms with Gasteiger partial charge >= 0.3 is 0 Å². The van der Waals surface area contributed by atoms with E-state index in [1.54, 1.807) is 4.57 Å². The molecule has 1 saturated carbocycles. The molecular weight excluding hydrogens is 392 g/mol. The zero-order chi connectivity index (χ0) is 21.8. The molecule has 7 heteroatoms. The van der Waals surface area contributed by atoms with E-state index in [-0.39, 0.29) is 17.6 Å². The van der Waals surface area contributed by atoms with Crippen molar-refractivity contribution in [2.45, 2.75) is 83.4 Å². The maximum atomic E-state index is 12.4. The first kappa shape index (κ1) is 21.4. The average Bonchev–Trinajstić information content (AvgIpc) is 3.00. The second-order valence-electron chi connectivity index (χ2n) is 8.79. The molecule has 0 spiro atoms. The maximum absolute atomic E-state index is 12.4. The van der Waals surface area contributed by atoms with E-state index in [4.69, 9.17) is 4.74 Å². The minimum Gasteiger partial charge on any atom is -0.491 e. The monoisotopic (exact) mass is 424 g/mol. The van der Waals surface area contributed by atoms with Crippen molar-refractivity contribution in [2.24, 2.45) is 4.99 Å². The molecule has 1 aliphatic heterocycles. The van der Waals surface area contributed by atoms with Gasteiger partial charge in [0.15, 0.2) is 0 Å². The molecule has 2 heterocycles. The SMILES string of the molecule is C=c1c(=O)[nH]c2n1Cc1cc(OC(C)CCC(=O)NC3CCCCCCC3)ccc1N=2. The van der Waals surface area contributed by atoms with E-state index in [1.165, 1.54) is 32.1 Å². The summed E-state index contributed by atoms with van der Waals surface area (Å²) in [7, 11) is 0. The molecule has 1 aromatic heterocycles. The standard InChI is InChI=1S/C24H32N4O3/c1-16(10-13-22(29)25-19-8-6-4-3-5-7-9-19)31-20-11-12-21-18(14-20)15-28-17(2)23(30)27-24(28)26-21/h11-12,14,16,19H,2-10,13,15H2,1H3,(H,25,29)(H,26,27,30). The molecule has 0 radical (unpaired) electrons. The largest absolute Gasteiger partial charge is 0.491 e. The summed E-state index contributed by atoms with van der Waals surface area (Å²) in [5.41, 5.74) is 2.11. The second kappa shape index (κ2) is 9.54. The van der Waals surface area contributed by atoms with E-state index in [0.29, 0.717) is 36.4 Å². The van der Waals surface area contributed by atoms with Gasteiger partial charge in [-0.1, -0.05) is 38.7 Å². The lowest BCUT2D eigenvalue weighted by atomic mass is 9.96. The lowest BCUT2D eigenvalue weighted by Gasteiger charge is -2.22. The van der Waals surface area contributed by atoms with Crippen LogP contribution in [0.3, 0.4) is 0 Å². The Hall–Kier alpha value is -2.83. The molecule has 1 aromatic carbocycles. The molecule has 2 aliphatic rings. The summed E-state index contributed by atoms with van der Waals surface area (Å²) in [4.78, 5) is 31.4. The van der Waals surface area contributed by atoms with Gasteiger partial charge < -0.3 is 14.6 Å². The number of carbonyl (C=O) groups excluding carboxylic acids is 1. The Balaban J connectivity index is 1.30. The highest BCUT2D eigenvalue weighted by molar-refractivity contribution is 5.76. The van der Waals surface area contributed by atoms with Crippen LogP contribution in [0.2, 0.25) is 0 Å². The van der Waals surface area contributed by atoms with Crippen molar-refractivity contribution in [3.05, 3.63) is 45.1 Å². The number of fused-ring (bicyclic) bond motifs is 2. The molecule has 2 aromatic rings. The number of carbonyl (C=O) groups is 1. The van der Waals surface area contributed by atoms with Gasteiger partial charge in [0.25, 0.3) is 5.56 Å². The van der Waals surface area contributed by atoms with Gasteiger partial charge in [-0.05, 0) is 44.4 Å². The summed E-state index contributed by atoms with van der Waals surface area (Å²) in [6, 6.07) is 6.07. The van der Waals surface area contributed by atoms with Crippen molar-refractivity contribution in [2.75, 3.05) is 0 Å². The van der Waals surface area contributed by atoms with Crippen LogP contribution in [-0.4, -0.2) is 27.6 Å². The predicted molar refractivity (Wildman–Crippen MR) is 120 cm³/mol. The number of nitrogens with zero attached hydrogens (tertiary/aromatic N) is 2. The summed E-state index contributed by atoms with van der Waals surface area (Å²) in [5.74, 6) is 0.868. The van der Waals surface area contributed by atoms with Gasteiger partial charge in [0.1, 0.15) is 11.1 Å². The van der Waals surface area contributed by atoms with Crippen LogP contribution >= 0.6 is 0 Å². The van der Waals surface area contributed by atoms with Gasteiger partial charge in [0.2, 0.25) is 11.5 Å². The summed E-state index contributed by atoms with van der Waals surface area (Å²) in [6.45, 7) is 6.34. The summed E-state index contributed by atoms with van der Waals surface area (Å²) >= 11 is 0. The predicted octanol–water partition coefficient (Wildman–Crippen LogP) is 2.68. The third kappa shape index (κ3) is 5.27. The zero-order valence-corrected chi connectivity index (χ0v) is 18.3. The van der Waals surface area contributed by atoms with Gasteiger partial charge in [-0.25, -0.2) is 4.99 Å². The molecule has 7 nitrogen and oxygen atoms in total. The molecule has 1 amide bonds. The number of nitrogens with one attached hydrogen (secondary N) is 2. The first-order valence-electron chi connectivity index (χ1n) is 11.4. The van der Waals surface area contributed by atoms with E-state index >= 15 is 0 Å². The molecule has 166 valence electrons. The van der Waals surface area contributed by atoms with Gasteiger partial charge in [-0.3, -0.25) is 14.6 Å². The van der Waals surface area contributed by atoms with Gasteiger partial charge in [0.05, 0.1) is 18.3 Å². The van der Waals surface area contributed by atoms with Crippen molar-refractivity contribution in [3.63, 3.8) is 0 Å². The molecule has 1 unspecified atom stereocenters. The van der Waals surface area contributed by atoms with E-state index < -0.39 is 0 Å². The number of hydrogen-bond donors (Lipinski definition) is 2. The Labute approximate surface area is 182 Å². The quantitative estimate of drug-likeness (QED) is 0.638. The van der Waals surface area contributed by atoms with Crippen LogP contribution < -0.4 is 26.6 Å². The van der Waals surface area contributed by atoms with Crippen LogP contribution in [-0.2, 0) is 11.3 Å². The third-order valence-corrected chi connectivity index (χ3v) is 6.26. The Bertz CT molecular complexity index is 1090. The topological polar surface area (TPSA) is 88.5 Å². The maximum Gasteiger partial charge on any atom is 0.274 e. The Morgan fingerprint density at radius 1 is 1.29 bits per heavy atom. The lowest BCUT2D eigenvalue weighted by Crippen LogP contribution is -2.35. The first-order valence-corrected chi connectivity index (χ1v) is 11.4. The third-order valence-electron chi connectivity index (χ3n) is 6.26. The number of hydrogen-bond acceptors (Lipinski definition) is 4. The minimum atomic E-state index is -0.214. The van der Waals surface area contributed by atoms with Crippen LogP contribution in [0.4, 0.5) is 5.69 Å². The summed E-state index contributed by atoms with van der Waals surface area (Å²) in [6.07, 6.45) is 9.57. The summed E-state index contributed by atoms with van der Waals surface area (Å²) < 4.78 is 7.84. The molecule has 0 saturated heterocycles. The molecule has 4 rings (SSSR count). The van der Waals surface area contributed by atoms with Crippen molar-refractivity contribution >= 4 is 18.2 Å². The molecule has 1 atom stereocenters. The number of imidazole rings is 1. The number of ether oxygens (including phenoxy) is 1. The second-order valence-corrected chi connectivity index (χ2v) is 8.79. The zero-order valence-electron chi connectivity index (χ0n) is 18.3. The Morgan fingerprint density at radius 3 is 2.81 bits per heavy atom. The van der Waals surface area contributed by atoms with Crippen molar-refractivity contribution < 1.29 is 9.53 Å². The smallest absolute Gasteiger partial charge is 0.274 e. The highest BCUT2D eigenvalue weighted by Crippen LogP contribution is 2.27. The fraction of sp³-hybridized carbons (Fsp3) is 0.542. The first-order chi connectivity index (χ1) is 15.0. The number of aromatic amines is 1. The molecule has 0 bridgehead atoms. The van der Waals surface area contributed by atoms with E-state index in [0.717, 1.165) is 29.8 Å². The normalized spacial score (nSPS) is 17.5. The molecule has 1 aliphatic carbocycles. The van der Waals surface area contributed by atoms with Crippen molar-refractivity contribution in [3.8, 4) is 5.75 Å². The minimum absolute atomic E-state index is 0.0752. The van der Waals surface area contributed by atoms with E-state index in [2.05, 4.69) is 21.9 Å². The Morgan fingerprint density at radius 2 is 2.03 bits per heavy atom. The van der Waals surface area contributed by atoms with Crippen molar-refractivity contribution in [1.29, 1.82) is 0 Å². The van der Waals surface area contributed by atoms with E-state index in [9.17, 15) is 9.59 Å². The number of rotatable bonds is 6. The number of aromatic nitrogens is 2. The number of H-pyrrole nitrogens is 1. The highest BCUT2D eigenvalue weighted by atomic mass is 16.5. The molecule has 1 fully saturated rings. The molecule has 2 N–H and O–H groups in total. The fourth-order valence-corrected chi connectivity index (χ4v) is 4.43. The number of benzene rings is 1. The van der Waals surface area contributed by atoms with Gasteiger partial charge in [-0.15, -0.1) is 0 Å². The highest BCUT2D eigenvalue weighted by Gasteiger charge is 2.17. The summed E-state index contributed by atoms with van der Waals surface area (Å²) in [5, 5.41) is 3.62.